The zero-order valence-corrected chi connectivity index (χ0v) is 16.9. The van der Waals surface area contributed by atoms with Gasteiger partial charge in [-0.25, -0.2) is 9.67 Å². The Hall–Kier alpha value is -2.37. The van der Waals surface area contributed by atoms with Gasteiger partial charge >= 0.3 is 0 Å². The molecule has 0 N–H and O–H groups in total. The van der Waals surface area contributed by atoms with Crippen molar-refractivity contribution >= 4 is 17.0 Å². The van der Waals surface area contributed by atoms with E-state index in [0.717, 1.165) is 36.8 Å². The van der Waals surface area contributed by atoms with Crippen molar-refractivity contribution in [3.05, 3.63) is 69.3 Å². The zero-order chi connectivity index (χ0) is 18.8. The van der Waals surface area contributed by atoms with Gasteiger partial charge in [-0.2, -0.15) is 0 Å². The summed E-state index contributed by atoms with van der Waals surface area (Å²) in [4.78, 5) is 5.94. The number of hydrogen-bond acceptors (Lipinski definition) is 4. The lowest BCUT2D eigenvalue weighted by Gasteiger charge is -2.31. The summed E-state index contributed by atoms with van der Waals surface area (Å²) in [5.74, 6) is 0. The van der Waals surface area contributed by atoms with Crippen molar-refractivity contribution in [3.63, 3.8) is 0 Å². The van der Waals surface area contributed by atoms with Crippen LogP contribution in [0.25, 0.3) is 11.3 Å². The number of aryl methyl sites for hydroxylation is 3. The molecule has 1 aromatic heterocycles. The van der Waals surface area contributed by atoms with Crippen LogP contribution in [0.5, 0.6) is 0 Å². The summed E-state index contributed by atoms with van der Waals surface area (Å²) >= 11 is 1.69. The van der Waals surface area contributed by atoms with Gasteiger partial charge in [-0.15, -0.1) is 11.3 Å². The molecule has 2 aromatic carbocycles. The molecule has 2 heterocycles. The minimum atomic E-state index is 0.749. The smallest absolute Gasteiger partial charge is 0.209 e. The normalized spacial score (nSPS) is 15.4. The maximum atomic E-state index is 5.57. The summed E-state index contributed by atoms with van der Waals surface area (Å²) in [5, 5.41) is 4.56. The predicted octanol–water partition coefficient (Wildman–Crippen LogP) is 4.34. The lowest BCUT2D eigenvalue weighted by Crippen LogP contribution is -2.48. The molecule has 5 heteroatoms. The summed E-state index contributed by atoms with van der Waals surface area (Å²) in [6.45, 7) is 9.66. The topological polar surface area (TPSA) is 29.8 Å². The highest BCUT2D eigenvalue weighted by Gasteiger charge is 2.17. The first-order valence-electron chi connectivity index (χ1n) is 9.34. The lowest BCUT2D eigenvalue weighted by molar-refractivity contribution is 0.111. The molecule has 0 unspecified atom stereocenters. The summed E-state index contributed by atoms with van der Waals surface area (Å²) in [5.41, 5.74) is 7.27. The van der Waals surface area contributed by atoms with Crippen molar-refractivity contribution in [1.82, 2.24) is 4.68 Å². The Balaban J connectivity index is 1.85. The van der Waals surface area contributed by atoms with Crippen LogP contribution in [0.2, 0.25) is 0 Å². The van der Waals surface area contributed by atoms with Crippen LogP contribution in [0.3, 0.4) is 0 Å². The number of thiazole rings is 1. The number of hydrogen-bond donors (Lipinski definition) is 0. The highest BCUT2D eigenvalue weighted by molar-refractivity contribution is 7.07. The highest BCUT2D eigenvalue weighted by Crippen LogP contribution is 2.24. The summed E-state index contributed by atoms with van der Waals surface area (Å²) < 4.78 is 7.84. The maximum absolute atomic E-state index is 5.57. The molecule has 0 radical (unpaired) electrons. The fraction of sp³-hybridized carbons (Fsp3) is 0.318. The largest absolute Gasteiger partial charge is 0.378 e. The van der Waals surface area contributed by atoms with Crippen LogP contribution in [0, 0.1) is 20.8 Å². The van der Waals surface area contributed by atoms with E-state index in [1.54, 1.807) is 11.3 Å². The molecule has 1 fully saturated rings. The second-order valence-corrected chi connectivity index (χ2v) is 7.86. The van der Waals surface area contributed by atoms with E-state index < -0.39 is 0 Å². The number of benzene rings is 2. The van der Waals surface area contributed by atoms with Gasteiger partial charge in [-0.05, 0) is 50.1 Å². The zero-order valence-electron chi connectivity index (χ0n) is 16.1. The van der Waals surface area contributed by atoms with Crippen molar-refractivity contribution in [2.24, 2.45) is 4.99 Å². The minimum absolute atomic E-state index is 0.749. The van der Waals surface area contributed by atoms with E-state index in [0.29, 0.717) is 0 Å². The van der Waals surface area contributed by atoms with Gasteiger partial charge in [0.15, 0.2) is 0 Å². The lowest BCUT2D eigenvalue weighted by atomic mass is 10.1. The molecule has 140 valence electrons. The van der Waals surface area contributed by atoms with Gasteiger partial charge in [0.2, 0.25) is 4.80 Å². The third-order valence-electron chi connectivity index (χ3n) is 5.02. The van der Waals surface area contributed by atoms with E-state index in [1.165, 1.54) is 27.9 Å². The maximum Gasteiger partial charge on any atom is 0.209 e. The molecule has 0 atom stereocenters. The van der Waals surface area contributed by atoms with Gasteiger partial charge in [0.25, 0.3) is 0 Å². The average molecular weight is 380 g/mol. The van der Waals surface area contributed by atoms with E-state index >= 15 is 0 Å². The SMILES string of the molecule is Cc1ccc(N=c2scc(-c3ccc(C)c(C)c3)n2N2CCOCC2)cc1. The van der Waals surface area contributed by atoms with Crippen LogP contribution in [0.15, 0.2) is 52.8 Å². The van der Waals surface area contributed by atoms with E-state index in [-0.39, 0.29) is 0 Å². The third kappa shape index (κ3) is 3.84. The Labute approximate surface area is 164 Å². The average Bonchev–Trinajstić information content (AvgIpc) is 3.10. The van der Waals surface area contributed by atoms with Gasteiger partial charge in [-0.3, -0.25) is 0 Å². The number of aromatic nitrogens is 1. The van der Waals surface area contributed by atoms with Crippen molar-refractivity contribution in [2.45, 2.75) is 20.8 Å². The molecular formula is C22H25N3OS. The van der Waals surface area contributed by atoms with Crippen molar-refractivity contribution in [3.8, 4) is 11.3 Å². The molecule has 27 heavy (non-hydrogen) atoms. The first kappa shape index (κ1) is 18.0. The fourth-order valence-electron chi connectivity index (χ4n) is 3.23. The molecule has 0 bridgehead atoms. The van der Waals surface area contributed by atoms with Gasteiger partial charge < -0.3 is 9.75 Å². The summed E-state index contributed by atoms with van der Waals surface area (Å²) in [6.07, 6.45) is 0. The molecule has 1 aliphatic heterocycles. The Bertz CT molecular complexity index is 995. The molecule has 1 saturated heterocycles. The van der Waals surface area contributed by atoms with Crippen LogP contribution >= 0.6 is 11.3 Å². The van der Waals surface area contributed by atoms with Crippen LogP contribution < -0.4 is 9.81 Å². The van der Waals surface area contributed by atoms with Crippen LogP contribution in [-0.4, -0.2) is 31.0 Å². The third-order valence-corrected chi connectivity index (χ3v) is 5.83. The van der Waals surface area contributed by atoms with Crippen LogP contribution in [0.4, 0.5) is 5.69 Å². The van der Waals surface area contributed by atoms with Crippen LogP contribution in [0.1, 0.15) is 16.7 Å². The van der Waals surface area contributed by atoms with Crippen molar-refractivity contribution < 1.29 is 4.74 Å². The molecule has 1 aliphatic rings. The van der Waals surface area contributed by atoms with E-state index in [4.69, 9.17) is 9.73 Å². The van der Waals surface area contributed by atoms with E-state index in [2.05, 4.69) is 78.3 Å². The molecular weight excluding hydrogens is 354 g/mol. The van der Waals surface area contributed by atoms with Gasteiger partial charge in [0.05, 0.1) is 37.7 Å². The minimum Gasteiger partial charge on any atom is -0.378 e. The molecule has 0 aliphatic carbocycles. The first-order chi connectivity index (χ1) is 13.1. The standard InChI is InChI=1S/C22H25N3OS/c1-16-4-8-20(9-5-16)23-22-25(24-10-12-26-13-11-24)21(15-27-22)19-7-6-17(2)18(3)14-19/h4-9,14-15H,10-13H2,1-3H3. The highest BCUT2D eigenvalue weighted by atomic mass is 32.1. The van der Waals surface area contributed by atoms with Crippen molar-refractivity contribution in [1.29, 1.82) is 0 Å². The molecule has 3 aromatic rings. The second-order valence-electron chi connectivity index (χ2n) is 7.03. The number of ether oxygens (including phenoxy) is 1. The number of nitrogens with zero attached hydrogens (tertiary/aromatic N) is 3. The molecule has 4 nitrogen and oxygen atoms in total. The number of rotatable bonds is 3. The van der Waals surface area contributed by atoms with Crippen LogP contribution in [-0.2, 0) is 4.74 Å². The van der Waals surface area contributed by atoms with Crippen molar-refractivity contribution in [2.75, 3.05) is 31.3 Å². The fourth-order valence-corrected chi connectivity index (χ4v) is 4.16. The van der Waals surface area contributed by atoms with E-state index in [1.807, 2.05) is 0 Å². The summed E-state index contributed by atoms with van der Waals surface area (Å²) in [6, 6.07) is 15.0. The number of morpholine rings is 1. The molecule has 4 rings (SSSR count). The van der Waals surface area contributed by atoms with Gasteiger partial charge in [0.1, 0.15) is 0 Å². The Kier molecular flexibility index (Phi) is 5.14. The van der Waals surface area contributed by atoms with E-state index in [9.17, 15) is 0 Å². The molecule has 0 saturated carbocycles. The molecule has 0 amide bonds. The summed E-state index contributed by atoms with van der Waals surface area (Å²) in [7, 11) is 0. The predicted molar refractivity (Wildman–Crippen MR) is 112 cm³/mol. The Morgan fingerprint density at radius 2 is 1.67 bits per heavy atom. The molecule has 0 spiro atoms. The Morgan fingerprint density at radius 3 is 2.37 bits per heavy atom. The van der Waals surface area contributed by atoms with Gasteiger partial charge in [0, 0.05) is 10.9 Å². The van der Waals surface area contributed by atoms with Gasteiger partial charge in [-0.1, -0.05) is 29.8 Å². The monoisotopic (exact) mass is 379 g/mol. The first-order valence-corrected chi connectivity index (χ1v) is 10.2. The Morgan fingerprint density at radius 1 is 0.926 bits per heavy atom. The quantitative estimate of drug-likeness (QED) is 0.677. The second kappa shape index (κ2) is 7.71.